The van der Waals surface area contributed by atoms with Crippen LogP contribution in [0.15, 0.2) is 28.8 Å². The van der Waals surface area contributed by atoms with E-state index >= 15 is 0 Å². The fourth-order valence-electron chi connectivity index (χ4n) is 2.36. The number of fused-ring (bicyclic) bond motifs is 3. The number of carbonyl (C=O) groups is 1. The molecule has 0 saturated heterocycles. The highest BCUT2D eigenvalue weighted by Gasteiger charge is 2.37. The SMILES string of the molecule is O=C(O)c1cc(Br)cc2c1OC1CC=C[C@H]21. The molecule has 1 N–H and O–H groups in total. The molecule has 1 aromatic carbocycles. The summed E-state index contributed by atoms with van der Waals surface area (Å²) in [5.41, 5.74) is 1.22. The van der Waals surface area contributed by atoms with E-state index in [0.29, 0.717) is 5.75 Å². The normalized spacial score (nSPS) is 25.1. The Morgan fingerprint density at radius 2 is 2.31 bits per heavy atom. The zero-order valence-corrected chi connectivity index (χ0v) is 9.90. The van der Waals surface area contributed by atoms with Crippen molar-refractivity contribution in [2.45, 2.75) is 18.4 Å². The first kappa shape index (κ1) is 9.90. The van der Waals surface area contributed by atoms with Gasteiger partial charge < -0.3 is 9.84 Å². The maximum atomic E-state index is 11.1. The Morgan fingerprint density at radius 1 is 1.50 bits per heavy atom. The maximum Gasteiger partial charge on any atom is 0.339 e. The molecule has 0 radical (unpaired) electrons. The Balaban J connectivity index is 2.20. The van der Waals surface area contributed by atoms with Crippen molar-refractivity contribution in [2.75, 3.05) is 0 Å². The van der Waals surface area contributed by atoms with Crippen molar-refractivity contribution in [3.63, 3.8) is 0 Å². The zero-order chi connectivity index (χ0) is 11.3. The van der Waals surface area contributed by atoms with E-state index in [-0.39, 0.29) is 17.6 Å². The number of benzene rings is 1. The van der Waals surface area contributed by atoms with E-state index in [4.69, 9.17) is 9.84 Å². The standard InChI is InChI=1S/C12H9BrO3/c13-6-4-8-7-2-1-3-10(7)16-11(8)9(5-6)12(14)15/h1-2,4-5,7,10H,3H2,(H,14,15)/t7-,10?/m1/s1. The van der Waals surface area contributed by atoms with Crippen molar-refractivity contribution in [2.24, 2.45) is 0 Å². The molecule has 3 nitrogen and oxygen atoms in total. The molecule has 2 atom stereocenters. The zero-order valence-electron chi connectivity index (χ0n) is 8.31. The highest BCUT2D eigenvalue weighted by Crippen LogP contribution is 2.46. The second kappa shape index (κ2) is 3.35. The summed E-state index contributed by atoms with van der Waals surface area (Å²) in [6.07, 6.45) is 5.12. The fourth-order valence-corrected chi connectivity index (χ4v) is 2.83. The number of carboxylic acids is 1. The Morgan fingerprint density at radius 3 is 3.06 bits per heavy atom. The lowest BCUT2D eigenvalue weighted by Crippen LogP contribution is -2.12. The number of hydrogen-bond acceptors (Lipinski definition) is 2. The summed E-state index contributed by atoms with van der Waals surface area (Å²) in [5, 5.41) is 9.12. The number of carboxylic acid groups (broad SMARTS) is 1. The van der Waals surface area contributed by atoms with Gasteiger partial charge in [-0.2, -0.15) is 0 Å². The van der Waals surface area contributed by atoms with Gasteiger partial charge in [0.1, 0.15) is 17.4 Å². The molecular formula is C12H9BrO3. The van der Waals surface area contributed by atoms with Gasteiger partial charge in [0.15, 0.2) is 0 Å². The quantitative estimate of drug-likeness (QED) is 0.805. The van der Waals surface area contributed by atoms with Crippen molar-refractivity contribution in [1.82, 2.24) is 0 Å². The van der Waals surface area contributed by atoms with Crippen LogP contribution in [0.25, 0.3) is 0 Å². The van der Waals surface area contributed by atoms with Gasteiger partial charge in [-0.05, 0) is 12.1 Å². The third-order valence-electron chi connectivity index (χ3n) is 3.05. The lowest BCUT2D eigenvalue weighted by molar-refractivity contribution is 0.0691. The van der Waals surface area contributed by atoms with Crippen LogP contribution in [0.4, 0.5) is 0 Å². The van der Waals surface area contributed by atoms with Gasteiger partial charge >= 0.3 is 5.97 Å². The number of hydrogen-bond donors (Lipinski definition) is 1. The first-order valence-corrected chi connectivity index (χ1v) is 5.86. The number of ether oxygens (including phenoxy) is 1. The van der Waals surface area contributed by atoms with Crippen LogP contribution in [0.2, 0.25) is 0 Å². The topological polar surface area (TPSA) is 46.5 Å². The van der Waals surface area contributed by atoms with Crippen LogP contribution < -0.4 is 4.74 Å². The van der Waals surface area contributed by atoms with Gasteiger partial charge in [0, 0.05) is 22.4 Å². The van der Waals surface area contributed by atoms with Crippen molar-refractivity contribution in [3.8, 4) is 5.75 Å². The smallest absolute Gasteiger partial charge is 0.339 e. The molecule has 0 aromatic heterocycles. The van der Waals surface area contributed by atoms with Crippen LogP contribution in [-0.2, 0) is 0 Å². The largest absolute Gasteiger partial charge is 0.488 e. The van der Waals surface area contributed by atoms with Crippen LogP contribution in [0.3, 0.4) is 0 Å². The van der Waals surface area contributed by atoms with Gasteiger partial charge in [-0.15, -0.1) is 0 Å². The lowest BCUT2D eigenvalue weighted by atomic mass is 9.97. The molecule has 1 heterocycles. The molecule has 0 fully saturated rings. The Hall–Kier alpha value is -1.29. The van der Waals surface area contributed by atoms with Gasteiger partial charge in [-0.1, -0.05) is 28.1 Å². The summed E-state index contributed by atoms with van der Waals surface area (Å²) in [6, 6.07) is 3.54. The van der Waals surface area contributed by atoms with E-state index < -0.39 is 5.97 Å². The highest BCUT2D eigenvalue weighted by atomic mass is 79.9. The summed E-state index contributed by atoms with van der Waals surface area (Å²) >= 11 is 3.34. The molecule has 16 heavy (non-hydrogen) atoms. The average Bonchev–Trinajstić information content (AvgIpc) is 2.77. The fraction of sp³-hybridized carbons (Fsp3) is 0.250. The third-order valence-corrected chi connectivity index (χ3v) is 3.51. The summed E-state index contributed by atoms with van der Waals surface area (Å²) < 4.78 is 6.50. The van der Waals surface area contributed by atoms with Gasteiger partial charge in [0.05, 0.1) is 0 Å². The van der Waals surface area contributed by atoms with E-state index in [2.05, 4.69) is 28.1 Å². The minimum atomic E-state index is -0.943. The average molecular weight is 281 g/mol. The molecule has 0 saturated carbocycles. The minimum Gasteiger partial charge on any atom is -0.488 e. The van der Waals surface area contributed by atoms with Crippen LogP contribution in [0, 0.1) is 0 Å². The molecular weight excluding hydrogens is 272 g/mol. The van der Waals surface area contributed by atoms with Crippen molar-refractivity contribution in [3.05, 3.63) is 39.9 Å². The van der Waals surface area contributed by atoms with Gasteiger partial charge in [0.25, 0.3) is 0 Å². The van der Waals surface area contributed by atoms with Crippen molar-refractivity contribution < 1.29 is 14.6 Å². The molecule has 0 bridgehead atoms. The molecule has 82 valence electrons. The lowest BCUT2D eigenvalue weighted by Gasteiger charge is -2.08. The van der Waals surface area contributed by atoms with E-state index in [0.717, 1.165) is 16.5 Å². The number of rotatable bonds is 1. The maximum absolute atomic E-state index is 11.1. The van der Waals surface area contributed by atoms with Gasteiger partial charge in [-0.25, -0.2) is 4.79 Å². The van der Waals surface area contributed by atoms with E-state index in [1.165, 1.54) is 0 Å². The molecule has 1 unspecified atom stereocenters. The van der Waals surface area contributed by atoms with Crippen LogP contribution in [-0.4, -0.2) is 17.2 Å². The summed E-state index contributed by atoms with van der Waals surface area (Å²) in [7, 11) is 0. The third kappa shape index (κ3) is 1.29. The molecule has 0 spiro atoms. The number of aromatic carboxylic acids is 1. The monoisotopic (exact) mass is 280 g/mol. The first-order valence-electron chi connectivity index (χ1n) is 5.07. The molecule has 1 aliphatic heterocycles. The molecule has 1 aromatic rings. The van der Waals surface area contributed by atoms with E-state index in [1.54, 1.807) is 6.07 Å². The van der Waals surface area contributed by atoms with Crippen LogP contribution >= 0.6 is 15.9 Å². The van der Waals surface area contributed by atoms with Crippen LogP contribution in [0.5, 0.6) is 5.75 Å². The predicted molar refractivity (Wildman–Crippen MR) is 62.0 cm³/mol. The molecule has 0 amide bonds. The van der Waals surface area contributed by atoms with Crippen molar-refractivity contribution >= 4 is 21.9 Å². The molecule has 2 aliphatic rings. The van der Waals surface area contributed by atoms with Crippen LogP contribution in [0.1, 0.15) is 28.3 Å². The van der Waals surface area contributed by atoms with Gasteiger partial charge in [0.2, 0.25) is 0 Å². The second-order valence-corrected chi connectivity index (χ2v) is 4.94. The number of halogens is 1. The van der Waals surface area contributed by atoms with Crippen molar-refractivity contribution in [1.29, 1.82) is 0 Å². The Kier molecular flexibility index (Phi) is 2.07. The van der Waals surface area contributed by atoms with E-state index in [1.807, 2.05) is 6.07 Å². The molecule has 4 heteroatoms. The summed E-state index contributed by atoms with van der Waals surface area (Å²) in [5.74, 6) is -0.192. The minimum absolute atomic E-state index is 0.0856. The second-order valence-electron chi connectivity index (χ2n) is 4.02. The Bertz CT molecular complexity index is 507. The first-order chi connectivity index (χ1) is 7.66. The predicted octanol–water partition coefficient (Wildman–Crippen LogP) is 2.95. The van der Waals surface area contributed by atoms with E-state index in [9.17, 15) is 4.79 Å². The highest BCUT2D eigenvalue weighted by molar-refractivity contribution is 9.10. The summed E-state index contributed by atoms with van der Waals surface area (Å²) in [6.45, 7) is 0. The Labute approximate surface area is 101 Å². The van der Waals surface area contributed by atoms with Gasteiger partial charge in [-0.3, -0.25) is 0 Å². The molecule has 3 rings (SSSR count). The summed E-state index contributed by atoms with van der Waals surface area (Å²) in [4.78, 5) is 11.1. The molecule has 1 aliphatic carbocycles.